The van der Waals surface area contributed by atoms with Crippen molar-refractivity contribution in [2.24, 2.45) is 0 Å². The highest BCUT2D eigenvalue weighted by molar-refractivity contribution is 6.07. The number of esters is 1. The molecule has 0 saturated heterocycles. The Bertz CT molecular complexity index is 767. The van der Waals surface area contributed by atoms with Crippen LogP contribution in [-0.4, -0.2) is 25.1 Å². The zero-order valence-corrected chi connectivity index (χ0v) is 13.2. The lowest BCUT2D eigenvalue weighted by Gasteiger charge is -2.33. The maximum absolute atomic E-state index is 12.6. The predicted octanol–water partition coefficient (Wildman–Crippen LogP) is 3.23. The number of carbonyl (C=O) groups is 2. The summed E-state index contributed by atoms with van der Waals surface area (Å²) in [7, 11) is 1.32. The van der Waals surface area contributed by atoms with E-state index in [4.69, 9.17) is 9.47 Å². The summed E-state index contributed by atoms with van der Waals surface area (Å²) < 4.78 is 10.4. The highest BCUT2D eigenvalue weighted by Gasteiger charge is 2.33. The maximum atomic E-state index is 12.6. The van der Waals surface area contributed by atoms with Crippen molar-refractivity contribution in [1.29, 1.82) is 0 Å². The Morgan fingerprint density at radius 1 is 1.17 bits per heavy atom. The third-order valence-corrected chi connectivity index (χ3v) is 3.79. The number of benzene rings is 2. The predicted molar refractivity (Wildman–Crippen MR) is 86.2 cm³/mol. The fraction of sp³-hybridized carbons (Fsp3) is 0.222. The van der Waals surface area contributed by atoms with Crippen molar-refractivity contribution >= 4 is 23.3 Å². The van der Waals surface area contributed by atoms with Crippen LogP contribution in [-0.2, 0) is 9.53 Å². The molecule has 0 aliphatic carbocycles. The molecule has 0 radical (unpaired) electrons. The van der Waals surface area contributed by atoms with Crippen molar-refractivity contribution in [3.05, 3.63) is 53.6 Å². The molecule has 1 unspecified atom stereocenters. The average molecular weight is 311 g/mol. The van der Waals surface area contributed by atoms with Crippen molar-refractivity contribution in [2.45, 2.75) is 20.0 Å². The number of carbonyl (C=O) groups excluding carboxylic acids is 2. The molecular weight excluding hydrogens is 294 g/mol. The Hall–Kier alpha value is -2.82. The molecule has 1 aliphatic rings. The SMILES string of the molecule is COC(=O)c1ccc2c(c1)N(c1ccc(C)cc1)C(=O)C(C)O2. The molecule has 1 amide bonds. The molecule has 2 aromatic carbocycles. The summed E-state index contributed by atoms with van der Waals surface area (Å²) in [5.41, 5.74) is 2.75. The number of amides is 1. The van der Waals surface area contributed by atoms with Crippen LogP contribution in [0.2, 0.25) is 0 Å². The van der Waals surface area contributed by atoms with Crippen molar-refractivity contribution in [2.75, 3.05) is 12.0 Å². The molecule has 0 saturated carbocycles. The highest BCUT2D eigenvalue weighted by atomic mass is 16.5. The van der Waals surface area contributed by atoms with Crippen LogP contribution in [0, 0.1) is 6.92 Å². The summed E-state index contributed by atoms with van der Waals surface area (Å²) in [4.78, 5) is 26.0. The van der Waals surface area contributed by atoms with Crippen LogP contribution in [0.25, 0.3) is 0 Å². The number of nitrogens with zero attached hydrogens (tertiary/aromatic N) is 1. The van der Waals surface area contributed by atoms with Gasteiger partial charge < -0.3 is 9.47 Å². The zero-order chi connectivity index (χ0) is 16.6. The number of ether oxygens (including phenoxy) is 2. The van der Waals surface area contributed by atoms with E-state index < -0.39 is 12.1 Å². The van der Waals surface area contributed by atoms with E-state index in [-0.39, 0.29) is 5.91 Å². The van der Waals surface area contributed by atoms with Gasteiger partial charge in [0.2, 0.25) is 0 Å². The lowest BCUT2D eigenvalue weighted by Crippen LogP contribution is -2.41. The van der Waals surface area contributed by atoms with Crippen LogP contribution in [0.4, 0.5) is 11.4 Å². The second kappa shape index (κ2) is 5.76. The van der Waals surface area contributed by atoms with Gasteiger partial charge in [0, 0.05) is 5.69 Å². The lowest BCUT2D eigenvalue weighted by atomic mass is 10.1. The fourth-order valence-electron chi connectivity index (χ4n) is 2.54. The standard InChI is InChI=1S/C18H17NO4/c1-11-4-7-14(8-5-11)19-15-10-13(18(21)22-3)6-9-16(15)23-12(2)17(19)20/h4-10,12H,1-3H3. The smallest absolute Gasteiger partial charge is 0.337 e. The molecule has 5 nitrogen and oxygen atoms in total. The summed E-state index contributed by atoms with van der Waals surface area (Å²) in [6.07, 6.45) is -0.590. The number of hydrogen-bond donors (Lipinski definition) is 0. The molecule has 2 aromatic rings. The second-order valence-corrected chi connectivity index (χ2v) is 5.44. The molecule has 0 fully saturated rings. The van der Waals surface area contributed by atoms with Crippen molar-refractivity contribution in [3.63, 3.8) is 0 Å². The first-order valence-electron chi connectivity index (χ1n) is 7.31. The van der Waals surface area contributed by atoms with E-state index in [0.29, 0.717) is 17.0 Å². The van der Waals surface area contributed by atoms with Gasteiger partial charge in [-0.1, -0.05) is 17.7 Å². The van der Waals surface area contributed by atoms with Gasteiger partial charge in [0.1, 0.15) is 5.75 Å². The van der Waals surface area contributed by atoms with Crippen molar-refractivity contribution < 1.29 is 19.1 Å². The Balaban J connectivity index is 2.14. The van der Waals surface area contributed by atoms with E-state index in [2.05, 4.69) is 0 Å². The van der Waals surface area contributed by atoms with Gasteiger partial charge in [-0.3, -0.25) is 9.69 Å². The van der Waals surface area contributed by atoms with Crippen LogP contribution in [0.5, 0.6) is 5.75 Å². The molecule has 0 spiro atoms. The van der Waals surface area contributed by atoms with E-state index in [9.17, 15) is 9.59 Å². The molecule has 0 aromatic heterocycles. The van der Waals surface area contributed by atoms with E-state index in [1.54, 1.807) is 30.0 Å². The van der Waals surface area contributed by atoms with Gasteiger partial charge in [-0.25, -0.2) is 4.79 Å². The van der Waals surface area contributed by atoms with Gasteiger partial charge in [-0.2, -0.15) is 0 Å². The Labute approximate surface area is 134 Å². The number of rotatable bonds is 2. The topological polar surface area (TPSA) is 55.8 Å². The molecule has 5 heteroatoms. The summed E-state index contributed by atoms with van der Waals surface area (Å²) in [5, 5.41) is 0. The van der Waals surface area contributed by atoms with Gasteiger partial charge in [0.05, 0.1) is 18.4 Å². The third-order valence-electron chi connectivity index (χ3n) is 3.79. The normalized spacial score (nSPS) is 16.6. The van der Waals surface area contributed by atoms with Crippen molar-refractivity contribution in [3.8, 4) is 5.75 Å². The van der Waals surface area contributed by atoms with Gasteiger partial charge >= 0.3 is 5.97 Å². The number of aryl methyl sites for hydroxylation is 1. The minimum absolute atomic E-state index is 0.177. The van der Waals surface area contributed by atoms with E-state index in [0.717, 1.165) is 11.3 Å². The Kier molecular flexibility index (Phi) is 3.78. The molecular formula is C18H17NO4. The quantitative estimate of drug-likeness (QED) is 0.799. The van der Waals surface area contributed by atoms with Crippen molar-refractivity contribution in [1.82, 2.24) is 0 Å². The van der Waals surface area contributed by atoms with Crippen LogP contribution >= 0.6 is 0 Å². The summed E-state index contributed by atoms with van der Waals surface area (Å²) >= 11 is 0. The highest BCUT2D eigenvalue weighted by Crippen LogP contribution is 2.39. The largest absolute Gasteiger partial charge is 0.479 e. The molecule has 1 heterocycles. The van der Waals surface area contributed by atoms with Gasteiger partial charge in [0.15, 0.2) is 6.10 Å². The molecule has 118 valence electrons. The molecule has 23 heavy (non-hydrogen) atoms. The number of methoxy groups -OCH3 is 1. The first-order chi connectivity index (χ1) is 11.0. The Morgan fingerprint density at radius 2 is 1.87 bits per heavy atom. The fourth-order valence-corrected chi connectivity index (χ4v) is 2.54. The first kappa shape index (κ1) is 15.1. The van der Waals surface area contributed by atoms with Crippen LogP contribution in [0.3, 0.4) is 0 Å². The molecule has 0 bridgehead atoms. The third kappa shape index (κ3) is 2.65. The number of hydrogen-bond acceptors (Lipinski definition) is 4. The van der Waals surface area contributed by atoms with Crippen LogP contribution in [0.15, 0.2) is 42.5 Å². The van der Waals surface area contributed by atoms with E-state index >= 15 is 0 Å². The van der Waals surface area contributed by atoms with Crippen LogP contribution in [0.1, 0.15) is 22.8 Å². The summed E-state index contributed by atoms with van der Waals surface area (Å²) in [6, 6.07) is 12.6. The van der Waals surface area contributed by atoms with Gasteiger partial charge in [-0.15, -0.1) is 0 Å². The lowest BCUT2D eigenvalue weighted by molar-refractivity contribution is -0.124. The average Bonchev–Trinajstić information content (AvgIpc) is 2.56. The van der Waals surface area contributed by atoms with Gasteiger partial charge in [-0.05, 0) is 44.2 Å². The Morgan fingerprint density at radius 3 is 2.52 bits per heavy atom. The molecule has 1 aliphatic heterocycles. The summed E-state index contributed by atoms with van der Waals surface area (Å²) in [6.45, 7) is 3.69. The first-order valence-corrected chi connectivity index (χ1v) is 7.31. The minimum atomic E-state index is -0.590. The van der Waals surface area contributed by atoms with Crippen LogP contribution < -0.4 is 9.64 Å². The molecule has 1 atom stereocenters. The maximum Gasteiger partial charge on any atom is 0.337 e. The monoisotopic (exact) mass is 311 g/mol. The van der Waals surface area contributed by atoms with E-state index in [1.165, 1.54) is 7.11 Å². The number of anilines is 2. The second-order valence-electron chi connectivity index (χ2n) is 5.44. The number of fused-ring (bicyclic) bond motifs is 1. The van der Waals surface area contributed by atoms with Gasteiger partial charge in [0.25, 0.3) is 5.91 Å². The zero-order valence-electron chi connectivity index (χ0n) is 13.2. The van der Waals surface area contributed by atoms with E-state index in [1.807, 2.05) is 31.2 Å². The molecule has 3 rings (SSSR count). The summed E-state index contributed by atoms with van der Waals surface area (Å²) in [5.74, 6) is -0.0728. The molecule has 0 N–H and O–H groups in total. The minimum Gasteiger partial charge on any atom is -0.479 e.